The maximum Gasteiger partial charge on any atom is 0.120 e. The zero-order valence-corrected chi connectivity index (χ0v) is 15.3. The second-order valence-corrected chi connectivity index (χ2v) is 6.80. The number of halogens is 3. The molecule has 0 bridgehead atoms. The molecule has 0 amide bonds. The van der Waals surface area contributed by atoms with Gasteiger partial charge in [0.1, 0.15) is 5.60 Å². The lowest BCUT2D eigenvalue weighted by atomic mass is 10.1. The van der Waals surface area contributed by atoms with Gasteiger partial charge in [0.05, 0.1) is 21.9 Å². The van der Waals surface area contributed by atoms with E-state index < -0.39 is 5.60 Å². The highest BCUT2D eigenvalue weighted by Gasteiger charge is 2.07. The Hall–Kier alpha value is -1.70. The Bertz CT molecular complexity index is 790. The summed E-state index contributed by atoms with van der Waals surface area (Å²) < 4.78 is 0. The first-order chi connectivity index (χ1) is 11.2. The predicted molar refractivity (Wildman–Crippen MR) is 102 cm³/mol. The summed E-state index contributed by atoms with van der Waals surface area (Å²) in [6, 6.07) is 10.6. The highest BCUT2D eigenvalue weighted by Crippen LogP contribution is 2.33. The smallest absolute Gasteiger partial charge is 0.120 e. The zero-order chi connectivity index (χ0) is 17.7. The molecule has 0 atom stereocenters. The number of nitrogens with one attached hydrogen (secondary N) is 1. The molecule has 0 spiro atoms. The Morgan fingerprint density at radius 3 is 2.21 bits per heavy atom. The van der Waals surface area contributed by atoms with Gasteiger partial charge in [-0.05, 0) is 43.7 Å². The van der Waals surface area contributed by atoms with Crippen LogP contribution in [0.3, 0.4) is 0 Å². The van der Waals surface area contributed by atoms with E-state index in [-0.39, 0.29) is 0 Å². The number of hydrogen-bond acceptors (Lipinski definition) is 3. The molecule has 3 nitrogen and oxygen atoms in total. The van der Waals surface area contributed by atoms with Crippen LogP contribution >= 0.6 is 34.8 Å². The minimum atomic E-state index is -1.01. The molecule has 24 heavy (non-hydrogen) atoms. The number of aliphatic hydroxyl groups is 1. The summed E-state index contributed by atoms with van der Waals surface area (Å²) in [6.07, 6.45) is 1.63. The summed E-state index contributed by atoms with van der Waals surface area (Å²) in [5, 5.41) is 14.9. The van der Waals surface area contributed by atoms with Crippen molar-refractivity contribution < 1.29 is 5.11 Å². The minimum Gasteiger partial charge on any atom is -0.378 e. The Kier molecular flexibility index (Phi) is 6.15. The fourth-order valence-corrected chi connectivity index (χ4v) is 2.60. The molecule has 0 aromatic heterocycles. The monoisotopic (exact) mass is 380 g/mol. The van der Waals surface area contributed by atoms with Crippen molar-refractivity contribution in [1.82, 2.24) is 0 Å². The van der Waals surface area contributed by atoms with Crippen molar-refractivity contribution in [3.05, 3.63) is 62.6 Å². The van der Waals surface area contributed by atoms with Gasteiger partial charge >= 0.3 is 0 Å². The molecular weight excluding hydrogens is 367 g/mol. The average molecular weight is 382 g/mol. The van der Waals surface area contributed by atoms with Crippen molar-refractivity contribution in [3.63, 3.8) is 0 Å². The van der Waals surface area contributed by atoms with Gasteiger partial charge in [0.2, 0.25) is 0 Å². The molecule has 0 heterocycles. The van der Waals surface area contributed by atoms with Crippen LogP contribution in [0.1, 0.15) is 25.0 Å². The maximum atomic E-state index is 9.59. The van der Waals surface area contributed by atoms with Gasteiger partial charge < -0.3 is 5.11 Å². The van der Waals surface area contributed by atoms with Crippen molar-refractivity contribution in [3.8, 4) is 11.8 Å². The number of benzene rings is 2. The van der Waals surface area contributed by atoms with Gasteiger partial charge in [0.15, 0.2) is 0 Å². The van der Waals surface area contributed by atoms with Crippen molar-refractivity contribution >= 4 is 46.7 Å². The number of nitrogens with zero attached hydrogens (tertiary/aromatic N) is 1. The first kappa shape index (κ1) is 18.6. The highest BCUT2D eigenvalue weighted by atomic mass is 35.5. The van der Waals surface area contributed by atoms with Crippen LogP contribution in [0.5, 0.6) is 0 Å². The Morgan fingerprint density at radius 2 is 1.67 bits per heavy atom. The number of hydrogen-bond donors (Lipinski definition) is 2. The normalized spacial score (nSPS) is 11.2. The van der Waals surface area contributed by atoms with Crippen LogP contribution in [-0.4, -0.2) is 16.9 Å². The van der Waals surface area contributed by atoms with Crippen molar-refractivity contribution in [1.29, 1.82) is 0 Å². The molecule has 0 saturated heterocycles. The lowest BCUT2D eigenvalue weighted by Gasteiger charge is -2.06. The third kappa shape index (κ3) is 5.74. The second-order valence-electron chi connectivity index (χ2n) is 5.55. The molecule has 0 fully saturated rings. The van der Waals surface area contributed by atoms with Crippen molar-refractivity contribution in [2.24, 2.45) is 5.10 Å². The first-order valence-electron chi connectivity index (χ1n) is 7.04. The average Bonchev–Trinajstić information content (AvgIpc) is 2.48. The minimum absolute atomic E-state index is 0.391. The quantitative estimate of drug-likeness (QED) is 0.435. The Morgan fingerprint density at radius 1 is 1.08 bits per heavy atom. The van der Waals surface area contributed by atoms with E-state index in [4.69, 9.17) is 34.8 Å². The standard InChI is InChI=1S/C18H15Cl3N2O/c1-18(2,24)8-7-12-3-5-13(6-4-12)11-22-23-17-15(20)9-14(19)10-16(17)21/h3-6,9-11,23-24H,1-2H3. The van der Waals surface area contributed by atoms with Crippen LogP contribution in [0.4, 0.5) is 5.69 Å². The van der Waals surface area contributed by atoms with E-state index in [9.17, 15) is 5.11 Å². The van der Waals surface area contributed by atoms with Crippen LogP contribution in [-0.2, 0) is 0 Å². The third-order valence-electron chi connectivity index (χ3n) is 2.82. The third-order valence-corrected chi connectivity index (χ3v) is 3.63. The van der Waals surface area contributed by atoms with Crippen molar-refractivity contribution in [2.75, 3.05) is 5.43 Å². The fraction of sp³-hybridized carbons (Fsp3) is 0.167. The van der Waals surface area contributed by atoms with Crippen LogP contribution in [0.15, 0.2) is 41.5 Å². The van der Waals surface area contributed by atoms with Gasteiger partial charge in [-0.25, -0.2) is 0 Å². The molecular formula is C18H15Cl3N2O. The van der Waals surface area contributed by atoms with Gasteiger partial charge in [-0.1, -0.05) is 58.8 Å². The summed E-state index contributed by atoms with van der Waals surface area (Å²) in [5.74, 6) is 5.67. The van der Waals surface area contributed by atoms with Gasteiger partial charge in [0, 0.05) is 10.6 Å². The van der Waals surface area contributed by atoms with Gasteiger partial charge in [0.25, 0.3) is 0 Å². The molecule has 0 radical (unpaired) electrons. The molecule has 0 unspecified atom stereocenters. The SMILES string of the molecule is CC(C)(O)C#Cc1ccc(C=NNc2c(Cl)cc(Cl)cc2Cl)cc1. The molecule has 6 heteroatoms. The van der Waals surface area contributed by atoms with E-state index in [0.717, 1.165) is 11.1 Å². The molecule has 0 aliphatic rings. The lowest BCUT2D eigenvalue weighted by molar-refractivity contribution is 0.143. The molecule has 0 aliphatic carbocycles. The predicted octanol–water partition coefficient (Wildman–Crippen LogP) is 5.22. The van der Waals surface area contributed by atoms with E-state index in [1.54, 1.807) is 32.2 Å². The summed E-state index contributed by atoms with van der Waals surface area (Å²) >= 11 is 18.0. The van der Waals surface area contributed by atoms with Crippen LogP contribution in [0.25, 0.3) is 0 Å². The van der Waals surface area contributed by atoms with Crippen LogP contribution < -0.4 is 5.43 Å². The van der Waals surface area contributed by atoms with Crippen molar-refractivity contribution in [2.45, 2.75) is 19.4 Å². The van der Waals surface area contributed by atoms with Crippen LogP contribution in [0, 0.1) is 11.8 Å². The molecule has 2 rings (SSSR count). The summed E-state index contributed by atoms with van der Waals surface area (Å²) in [4.78, 5) is 0. The molecule has 2 N–H and O–H groups in total. The lowest BCUT2D eigenvalue weighted by Crippen LogP contribution is -2.14. The topological polar surface area (TPSA) is 44.6 Å². The molecule has 2 aromatic carbocycles. The summed E-state index contributed by atoms with van der Waals surface area (Å²) in [6.45, 7) is 3.28. The second kappa shape index (κ2) is 7.92. The Labute approximate surface area is 156 Å². The molecule has 124 valence electrons. The number of rotatable bonds is 3. The van der Waals surface area contributed by atoms with Gasteiger partial charge in [-0.15, -0.1) is 0 Å². The zero-order valence-electron chi connectivity index (χ0n) is 13.1. The number of hydrazone groups is 1. The van der Waals surface area contributed by atoms with E-state index in [0.29, 0.717) is 20.8 Å². The first-order valence-corrected chi connectivity index (χ1v) is 8.17. The summed E-state index contributed by atoms with van der Waals surface area (Å²) in [7, 11) is 0. The number of anilines is 1. The molecule has 2 aromatic rings. The molecule has 0 aliphatic heterocycles. The Balaban J connectivity index is 2.06. The van der Waals surface area contributed by atoms with E-state index >= 15 is 0 Å². The van der Waals surface area contributed by atoms with Gasteiger partial charge in [-0.2, -0.15) is 5.10 Å². The van der Waals surface area contributed by atoms with Gasteiger partial charge in [-0.3, -0.25) is 5.43 Å². The largest absolute Gasteiger partial charge is 0.378 e. The maximum absolute atomic E-state index is 9.59. The molecule has 0 saturated carbocycles. The van der Waals surface area contributed by atoms with Crippen LogP contribution in [0.2, 0.25) is 15.1 Å². The van der Waals surface area contributed by atoms with E-state index in [2.05, 4.69) is 22.4 Å². The highest BCUT2D eigenvalue weighted by molar-refractivity contribution is 6.41. The van der Waals surface area contributed by atoms with E-state index in [1.165, 1.54) is 0 Å². The fourth-order valence-electron chi connectivity index (χ4n) is 1.70. The summed E-state index contributed by atoms with van der Waals surface area (Å²) in [5.41, 5.74) is 3.97. The van der Waals surface area contributed by atoms with E-state index in [1.807, 2.05) is 24.3 Å².